The number of para-hydroxylation sites is 2. The number of amides is 2. The van der Waals surface area contributed by atoms with Gasteiger partial charge in [-0.3, -0.25) is 9.59 Å². The van der Waals surface area contributed by atoms with Crippen LogP contribution in [0, 0.1) is 6.92 Å². The second kappa shape index (κ2) is 6.15. The quantitative estimate of drug-likeness (QED) is 0.655. The van der Waals surface area contributed by atoms with Gasteiger partial charge in [0, 0.05) is 12.7 Å². The van der Waals surface area contributed by atoms with Gasteiger partial charge in [-0.2, -0.15) is 0 Å². The van der Waals surface area contributed by atoms with E-state index in [4.69, 9.17) is 0 Å². The second-order valence-corrected chi connectivity index (χ2v) is 6.33. The highest BCUT2D eigenvalue weighted by molar-refractivity contribution is 6.36. The molecular weight excluding hydrogens is 324 g/mol. The Bertz CT molecular complexity index is 997. The highest BCUT2D eigenvalue weighted by Crippen LogP contribution is 2.38. The van der Waals surface area contributed by atoms with Crippen molar-refractivity contribution in [2.75, 3.05) is 16.8 Å². The molecule has 26 heavy (non-hydrogen) atoms. The van der Waals surface area contributed by atoms with Gasteiger partial charge in [0.2, 0.25) is 0 Å². The first-order chi connectivity index (χ1) is 12.6. The van der Waals surface area contributed by atoms with Crippen molar-refractivity contribution in [3.8, 4) is 0 Å². The molecule has 0 saturated heterocycles. The number of fused-ring (bicyclic) bond motifs is 1. The average Bonchev–Trinajstić information content (AvgIpc) is 2.95. The van der Waals surface area contributed by atoms with Gasteiger partial charge < -0.3 is 4.90 Å². The third-order valence-electron chi connectivity index (χ3n) is 4.74. The number of carbonyl (C=O) groups is 2. The molecule has 0 unspecified atom stereocenters. The SMILES string of the molecule is Cc1ccc(N(C)c2ccccc2)c2c1C(=O)N(c1ccccc1)C2=O. The molecule has 0 fully saturated rings. The maximum absolute atomic E-state index is 13.2. The Morgan fingerprint density at radius 2 is 1.31 bits per heavy atom. The lowest BCUT2D eigenvalue weighted by molar-refractivity contribution is 0.0926. The van der Waals surface area contributed by atoms with E-state index >= 15 is 0 Å². The van der Waals surface area contributed by atoms with Crippen molar-refractivity contribution in [1.29, 1.82) is 0 Å². The summed E-state index contributed by atoms with van der Waals surface area (Å²) in [6.45, 7) is 1.87. The fourth-order valence-electron chi connectivity index (χ4n) is 3.39. The molecule has 1 heterocycles. The van der Waals surface area contributed by atoms with Gasteiger partial charge in [0.15, 0.2) is 0 Å². The minimum atomic E-state index is -0.280. The molecule has 0 atom stereocenters. The molecule has 4 rings (SSSR count). The summed E-state index contributed by atoms with van der Waals surface area (Å²) in [6.07, 6.45) is 0. The zero-order valence-electron chi connectivity index (χ0n) is 14.6. The second-order valence-electron chi connectivity index (χ2n) is 6.33. The van der Waals surface area contributed by atoms with Crippen LogP contribution in [0.4, 0.5) is 17.1 Å². The lowest BCUT2D eigenvalue weighted by Gasteiger charge is -2.22. The van der Waals surface area contributed by atoms with Crippen LogP contribution in [0.3, 0.4) is 0 Å². The van der Waals surface area contributed by atoms with Crippen LogP contribution in [-0.4, -0.2) is 18.9 Å². The van der Waals surface area contributed by atoms with Crippen molar-refractivity contribution < 1.29 is 9.59 Å². The number of anilines is 3. The molecule has 3 aromatic rings. The topological polar surface area (TPSA) is 40.6 Å². The Hall–Kier alpha value is -3.40. The van der Waals surface area contributed by atoms with Crippen LogP contribution >= 0.6 is 0 Å². The van der Waals surface area contributed by atoms with Gasteiger partial charge in [0.25, 0.3) is 11.8 Å². The lowest BCUT2D eigenvalue weighted by Crippen LogP contribution is -2.29. The monoisotopic (exact) mass is 342 g/mol. The third-order valence-corrected chi connectivity index (χ3v) is 4.74. The molecule has 2 amide bonds. The van der Waals surface area contributed by atoms with Crippen molar-refractivity contribution in [1.82, 2.24) is 0 Å². The first kappa shape index (κ1) is 16.1. The molecule has 0 saturated carbocycles. The summed E-state index contributed by atoms with van der Waals surface area (Å²) in [5.41, 5.74) is 4.03. The summed E-state index contributed by atoms with van der Waals surface area (Å²) in [6, 6.07) is 22.6. The van der Waals surface area contributed by atoms with E-state index in [0.717, 1.165) is 16.9 Å². The summed E-state index contributed by atoms with van der Waals surface area (Å²) in [4.78, 5) is 29.4. The number of hydrogen-bond donors (Lipinski definition) is 0. The Morgan fingerprint density at radius 3 is 1.96 bits per heavy atom. The van der Waals surface area contributed by atoms with E-state index in [9.17, 15) is 9.59 Å². The normalized spacial score (nSPS) is 13.1. The van der Waals surface area contributed by atoms with Crippen molar-refractivity contribution in [2.45, 2.75) is 6.92 Å². The van der Waals surface area contributed by atoms with E-state index in [1.165, 1.54) is 4.90 Å². The Labute approximate surface area is 152 Å². The van der Waals surface area contributed by atoms with E-state index in [1.54, 1.807) is 12.1 Å². The van der Waals surface area contributed by atoms with Crippen molar-refractivity contribution in [3.05, 3.63) is 89.5 Å². The highest BCUT2D eigenvalue weighted by Gasteiger charge is 2.40. The number of rotatable bonds is 3. The third kappa shape index (κ3) is 2.39. The van der Waals surface area contributed by atoms with Crippen molar-refractivity contribution in [3.63, 3.8) is 0 Å². The zero-order chi connectivity index (χ0) is 18.3. The fourth-order valence-corrected chi connectivity index (χ4v) is 3.39. The van der Waals surface area contributed by atoms with Crippen LogP contribution < -0.4 is 9.80 Å². The maximum Gasteiger partial charge on any atom is 0.268 e. The van der Waals surface area contributed by atoms with Crippen LogP contribution in [0.15, 0.2) is 72.8 Å². The van der Waals surface area contributed by atoms with Gasteiger partial charge in [0.1, 0.15) is 0 Å². The molecule has 4 nitrogen and oxygen atoms in total. The van der Waals surface area contributed by atoms with Crippen molar-refractivity contribution in [2.24, 2.45) is 0 Å². The number of carbonyl (C=O) groups excluding carboxylic acids is 2. The molecule has 4 heteroatoms. The first-order valence-electron chi connectivity index (χ1n) is 8.46. The largest absolute Gasteiger partial charge is 0.344 e. The average molecular weight is 342 g/mol. The van der Waals surface area contributed by atoms with Gasteiger partial charge in [-0.25, -0.2) is 4.90 Å². The van der Waals surface area contributed by atoms with Gasteiger partial charge in [0.05, 0.1) is 22.5 Å². The van der Waals surface area contributed by atoms with Crippen LogP contribution in [-0.2, 0) is 0 Å². The maximum atomic E-state index is 13.2. The number of benzene rings is 3. The van der Waals surface area contributed by atoms with Crippen LogP contribution in [0.25, 0.3) is 0 Å². The number of imide groups is 1. The summed E-state index contributed by atoms with van der Waals surface area (Å²) >= 11 is 0. The van der Waals surface area contributed by atoms with Gasteiger partial charge >= 0.3 is 0 Å². The van der Waals surface area contributed by atoms with E-state index in [2.05, 4.69) is 0 Å². The molecule has 0 aliphatic carbocycles. The smallest absolute Gasteiger partial charge is 0.268 e. The van der Waals surface area contributed by atoms with Crippen LogP contribution in [0.5, 0.6) is 0 Å². The molecule has 128 valence electrons. The number of hydrogen-bond acceptors (Lipinski definition) is 3. The van der Waals surface area contributed by atoms with Crippen LogP contribution in [0.1, 0.15) is 26.3 Å². The molecule has 0 spiro atoms. The van der Waals surface area contributed by atoms with Gasteiger partial charge in [-0.05, 0) is 42.8 Å². The Balaban J connectivity index is 1.87. The van der Waals surface area contributed by atoms with E-state index < -0.39 is 0 Å². The molecular formula is C22H18N2O2. The minimum absolute atomic E-state index is 0.267. The minimum Gasteiger partial charge on any atom is -0.344 e. The standard InChI is InChI=1S/C22H18N2O2/c1-15-13-14-18(23(2)16-9-5-3-6-10-16)20-19(15)21(25)24(22(20)26)17-11-7-4-8-12-17/h3-14H,1-2H3. The molecule has 0 aromatic heterocycles. The molecule has 1 aliphatic rings. The summed E-state index contributed by atoms with van der Waals surface area (Å²) in [7, 11) is 1.91. The Kier molecular flexibility index (Phi) is 3.81. The van der Waals surface area contributed by atoms with E-state index in [-0.39, 0.29) is 11.8 Å². The lowest BCUT2D eigenvalue weighted by atomic mass is 10.0. The van der Waals surface area contributed by atoms with Gasteiger partial charge in [-0.1, -0.05) is 42.5 Å². The predicted molar refractivity (Wildman–Crippen MR) is 103 cm³/mol. The van der Waals surface area contributed by atoms with E-state index in [1.807, 2.05) is 79.5 Å². The van der Waals surface area contributed by atoms with E-state index in [0.29, 0.717) is 16.8 Å². The van der Waals surface area contributed by atoms with Gasteiger partial charge in [-0.15, -0.1) is 0 Å². The fraction of sp³-hybridized carbons (Fsp3) is 0.0909. The Morgan fingerprint density at radius 1 is 0.731 bits per heavy atom. The molecule has 1 aliphatic heterocycles. The summed E-state index contributed by atoms with van der Waals surface area (Å²) < 4.78 is 0. The number of aryl methyl sites for hydroxylation is 1. The molecule has 0 radical (unpaired) electrons. The number of nitrogens with zero attached hydrogens (tertiary/aromatic N) is 2. The summed E-state index contributed by atoms with van der Waals surface area (Å²) in [5, 5.41) is 0. The molecule has 0 bridgehead atoms. The molecule has 3 aromatic carbocycles. The highest BCUT2D eigenvalue weighted by atomic mass is 16.2. The molecule has 0 N–H and O–H groups in total. The first-order valence-corrected chi connectivity index (χ1v) is 8.46. The van der Waals surface area contributed by atoms with Crippen LogP contribution in [0.2, 0.25) is 0 Å². The zero-order valence-corrected chi connectivity index (χ0v) is 14.6. The van der Waals surface area contributed by atoms with Crippen molar-refractivity contribution >= 4 is 28.9 Å². The predicted octanol–water partition coefficient (Wildman–Crippen LogP) is 4.56. The summed E-state index contributed by atoms with van der Waals surface area (Å²) in [5.74, 6) is -0.547.